The molecule has 3 N–H and O–H groups in total. The zero-order valence-electron chi connectivity index (χ0n) is 29.1. The second-order valence-electron chi connectivity index (χ2n) is 14.3. The standard InChI is InChI=1S/C37H49N5O7/c1-7-26-13-15-27(16-14-26)24-38-32(44)30-23-28(43)25-42(30)33(45)31(39-34(46)48-29-11-9-8-10-12-29)37(5,6)17-18-40-19-21-41(22-20-40)35(47)49-36(2,3)4/h1,8-16,28,30-31,43H,17-25H2,2-6H3,(H,38,44)(H,39,46)/t28-,30+,31+/m1/s1. The van der Waals surface area contributed by atoms with Gasteiger partial charge in [-0.25, -0.2) is 9.59 Å². The molecular weight excluding hydrogens is 626 g/mol. The van der Waals surface area contributed by atoms with Gasteiger partial charge in [0.25, 0.3) is 0 Å². The van der Waals surface area contributed by atoms with E-state index in [1.54, 1.807) is 47.4 Å². The molecule has 0 aromatic heterocycles. The quantitative estimate of drug-likeness (QED) is 0.326. The minimum absolute atomic E-state index is 0.0532. The maximum absolute atomic E-state index is 14.3. The van der Waals surface area contributed by atoms with Gasteiger partial charge in [-0.3, -0.25) is 14.5 Å². The lowest BCUT2D eigenvalue weighted by molar-refractivity contribution is -0.142. The van der Waals surface area contributed by atoms with E-state index in [1.165, 1.54) is 4.90 Å². The Morgan fingerprint density at radius 1 is 0.980 bits per heavy atom. The first kappa shape index (κ1) is 37.2. The highest BCUT2D eigenvalue weighted by Gasteiger charge is 2.46. The van der Waals surface area contributed by atoms with E-state index in [-0.39, 0.29) is 25.6 Å². The Hall–Kier alpha value is -4.60. The number of aliphatic hydroxyl groups excluding tert-OH is 1. The normalized spacial score (nSPS) is 19.0. The highest BCUT2D eigenvalue weighted by Crippen LogP contribution is 2.31. The molecule has 2 aromatic rings. The number of likely N-dealkylation sites (tertiary alicyclic amines) is 1. The van der Waals surface area contributed by atoms with Crippen LogP contribution in [0.1, 0.15) is 58.6 Å². The minimum Gasteiger partial charge on any atom is -0.444 e. The van der Waals surface area contributed by atoms with Gasteiger partial charge in [-0.1, -0.05) is 50.1 Å². The van der Waals surface area contributed by atoms with Crippen LogP contribution in [0.3, 0.4) is 0 Å². The van der Waals surface area contributed by atoms with Gasteiger partial charge in [-0.05, 0) is 69.0 Å². The first-order valence-electron chi connectivity index (χ1n) is 16.7. The third-order valence-corrected chi connectivity index (χ3v) is 8.79. The number of aliphatic hydroxyl groups is 1. The number of β-amino-alcohol motifs (C(OH)–C–C–N with tert-alkyl or cyclic N) is 1. The molecule has 2 fully saturated rings. The van der Waals surface area contributed by atoms with E-state index >= 15 is 0 Å². The number of nitrogens with zero attached hydrogens (tertiary/aromatic N) is 3. The van der Waals surface area contributed by atoms with Crippen molar-refractivity contribution in [1.82, 2.24) is 25.3 Å². The molecule has 4 amide bonds. The molecule has 2 aliphatic heterocycles. The molecule has 3 atom stereocenters. The van der Waals surface area contributed by atoms with Crippen LogP contribution in [-0.2, 0) is 20.9 Å². The van der Waals surface area contributed by atoms with Gasteiger partial charge in [0, 0.05) is 51.3 Å². The Morgan fingerprint density at radius 3 is 2.24 bits per heavy atom. The van der Waals surface area contributed by atoms with E-state index in [9.17, 15) is 24.3 Å². The summed E-state index contributed by atoms with van der Waals surface area (Å²) >= 11 is 0. The van der Waals surface area contributed by atoms with Gasteiger partial charge in [-0.15, -0.1) is 6.42 Å². The van der Waals surface area contributed by atoms with Crippen LogP contribution in [0.15, 0.2) is 54.6 Å². The SMILES string of the molecule is C#Cc1ccc(CNC(=O)[C@@H]2C[C@@H](O)CN2C(=O)[C@H](NC(=O)Oc2ccccc2)C(C)(C)CCN2CCN(C(=O)OC(C)(C)C)CC2)cc1. The second-order valence-corrected chi connectivity index (χ2v) is 14.3. The fourth-order valence-electron chi connectivity index (χ4n) is 5.90. The smallest absolute Gasteiger partial charge is 0.413 e. The lowest BCUT2D eigenvalue weighted by Crippen LogP contribution is -2.59. The molecule has 0 spiro atoms. The number of nitrogens with one attached hydrogen (secondary N) is 2. The van der Waals surface area contributed by atoms with Crippen LogP contribution in [-0.4, -0.2) is 107 Å². The number of carbonyl (C=O) groups excluding carboxylic acids is 4. The fourth-order valence-corrected chi connectivity index (χ4v) is 5.90. The number of hydrogen-bond donors (Lipinski definition) is 3. The van der Waals surface area contributed by atoms with Crippen LogP contribution < -0.4 is 15.4 Å². The molecule has 2 saturated heterocycles. The molecular formula is C37H49N5O7. The molecule has 12 nitrogen and oxygen atoms in total. The summed E-state index contributed by atoms with van der Waals surface area (Å²) in [5.74, 6) is 1.98. The predicted molar refractivity (Wildman–Crippen MR) is 184 cm³/mol. The van der Waals surface area contributed by atoms with Gasteiger partial charge in [-0.2, -0.15) is 0 Å². The number of rotatable bonds is 10. The van der Waals surface area contributed by atoms with Crippen molar-refractivity contribution in [3.8, 4) is 18.1 Å². The van der Waals surface area contributed by atoms with Gasteiger partial charge >= 0.3 is 12.2 Å². The zero-order valence-corrected chi connectivity index (χ0v) is 29.1. The van der Waals surface area contributed by atoms with Crippen LogP contribution in [0.5, 0.6) is 5.75 Å². The Labute approximate surface area is 289 Å². The first-order chi connectivity index (χ1) is 23.1. The molecule has 0 radical (unpaired) electrons. The highest BCUT2D eigenvalue weighted by molar-refractivity contribution is 5.92. The molecule has 2 aromatic carbocycles. The molecule has 2 aliphatic rings. The largest absolute Gasteiger partial charge is 0.444 e. The monoisotopic (exact) mass is 675 g/mol. The average molecular weight is 676 g/mol. The lowest BCUT2D eigenvalue weighted by Gasteiger charge is -2.40. The summed E-state index contributed by atoms with van der Waals surface area (Å²) in [6.07, 6.45) is 3.96. The maximum Gasteiger partial charge on any atom is 0.413 e. The molecule has 264 valence electrons. The zero-order chi connectivity index (χ0) is 35.8. The molecule has 12 heteroatoms. The Kier molecular flexibility index (Phi) is 12.3. The Morgan fingerprint density at radius 2 is 1.63 bits per heavy atom. The number of hydrogen-bond acceptors (Lipinski definition) is 8. The lowest BCUT2D eigenvalue weighted by atomic mass is 9.80. The maximum atomic E-state index is 14.3. The van der Waals surface area contributed by atoms with Crippen LogP contribution in [0.4, 0.5) is 9.59 Å². The van der Waals surface area contributed by atoms with E-state index in [2.05, 4.69) is 21.5 Å². The number of benzene rings is 2. The number of terminal acetylenes is 1. The third-order valence-electron chi connectivity index (χ3n) is 8.79. The topological polar surface area (TPSA) is 141 Å². The van der Waals surface area contributed by atoms with Gasteiger partial charge in [0.15, 0.2) is 0 Å². The van der Waals surface area contributed by atoms with E-state index in [0.717, 1.165) is 11.1 Å². The van der Waals surface area contributed by atoms with E-state index < -0.39 is 47.1 Å². The molecule has 4 rings (SSSR count). The molecule has 49 heavy (non-hydrogen) atoms. The summed E-state index contributed by atoms with van der Waals surface area (Å²) < 4.78 is 11.0. The van der Waals surface area contributed by atoms with Crippen molar-refractivity contribution < 1.29 is 33.8 Å². The fraction of sp³-hybridized carbons (Fsp3) is 0.514. The van der Waals surface area contributed by atoms with E-state index in [1.807, 2.05) is 46.8 Å². The van der Waals surface area contributed by atoms with Crippen LogP contribution in [0.25, 0.3) is 0 Å². The number of carbonyl (C=O) groups is 4. The van der Waals surface area contributed by atoms with Crippen molar-refractivity contribution in [1.29, 1.82) is 0 Å². The van der Waals surface area contributed by atoms with Gasteiger partial charge in [0.1, 0.15) is 23.4 Å². The summed E-state index contributed by atoms with van der Waals surface area (Å²) in [5.41, 5.74) is 0.178. The minimum atomic E-state index is -1.08. The number of para-hydroxylation sites is 1. The van der Waals surface area contributed by atoms with Crippen molar-refractivity contribution in [3.05, 3.63) is 65.7 Å². The molecule has 0 aliphatic carbocycles. The van der Waals surface area contributed by atoms with Crippen LogP contribution >= 0.6 is 0 Å². The second kappa shape index (κ2) is 16.2. The summed E-state index contributed by atoms with van der Waals surface area (Å²) in [7, 11) is 0. The predicted octanol–water partition coefficient (Wildman–Crippen LogP) is 3.37. The highest BCUT2D eigenvalue weighted by atomic mass is 16.6. The number of piperazine rings is 1. The van der Waals surface area contributed by atoms with Crippen molar-refractivity contribution in [2.45, 2.75) is 77.8 Å². The van der Waals surface area contributed by atoms with Gasteiger partial charge in [0.2, 0.25) is 11.8 Å². The molecule has 0 bridgehead atoms. The summed E-state index contributed by atoms with van der Waals surface area (Å²) in [5, 5.41) is 16.3. The molecule has 2 heterocycles. The Balaban J connectivity index is 1.45. The summed E-state index contributed by atoms with van der Waals surface area (Å²) in [6.45, 7) is 12.3. The number of amides is 4. The first-order valence-corrected chi connectivity index (χ1v) is 16.7. The van der Waals surface area contributed by atoms with E-state index in [4.69, 9.17) is 15.9 Å². The summed E-state index contributed by atoms with van der Waals surface area (Å²) in [6, 6.07) is 13.7. The number of ether oxygens (including phenoxy) is 2. The van der Waals surface area contributed by atoms with Crippen molar-refractivity contribution in [3.63, 3.8) is 0 Å². The average Bonchev–Trinajstić information content (AvgIpc) is 3.46. The van der Waals surface area contributed by atoms with Crippen molar-refractivity contribution in [2.75, 3.05) is 39.3 Å². The molecule has 0 saturated carbocycles. The van der Waals surface area contributed by atoms with Crippen LogP contribution in [0.2, 0.25) is 0 Å². The molecule has 0 unspecified atom stereocenters. The van der Waals surface area contributed by atoms with Crippen molar-refractivity contribution >= 4 is 24.0 Å². The van der Waals surface area contributed by atoms with Gasteiger partial charge in [0.05, 0.1) is 6.10 Å². The Bertz CT molecular complexity index is 1490. The van der Waals surface area contributed by atoms with Crippen LogP contribution in [0, 0.1) is 17.8 Å². The van der Waals surface area contributed by atoms with E-state index in [0.29, 0.717) is 44.9 Å². The summed E-state index contributed by atoms with van der Waals surface area (Å²) in [4.78, 5) is 58.7. The third kappa shape index (κ3) is 10.7. The van der Waals surface area contributed by atoms with Crippen molar-refractivity contribution in [2.24, 2.45) is 5.41 Å². The van der Waals surface area contributed by atoms with Gasteiger partial charge < -0.3 is 35.0 Å².